The average molecular weight is 467 g/mol. The molecule has 0 unspecified atom stereocenters. The molecule has 0 saturated carbocycles. The van der Waals surface area contributed by atoms with E-state index in [0.717, 1.165) is 22.4 Å². The minimum atomic E-state index is -0.567. The van der Waals surface area contributed by atoms with E-state index in [-0.39, 0.29) is 5.91 Å². The maximum atomic E-state index is 12.1. The van der Waals surface area contributed by atoms with Gasteiger partial charge in [0.05, 0.1) is 11.3 Å². The number of benzene rings is 2. The highest BCUT2D eigenvalue weighted by Gasteiger charge is 2.12. The second kappa shape index (κ2) is 10.5. The Morgan fingerprint density at radius 2 is 1.71 bits per heavy atom. The van der Waals surface area contributed by atoms with Gasteiger partial charge in [-0.2, -0.15) is 0 Å². The van der Waals surface area contributed by atoms with Crippen molar-refractivity contribution in [3.8, 4) is 11.1 Å². The van der Waals surface area contributed by atoms with Gasteiger partial charge in [-0.1, -0.05) is 24.3 Å². The molecule has 2 aromatic heterocycles. The zero-order valence-electron chi connectivity index (χ0n) is 19.5. The van der Waals surface area contributed by atoms with Gasteiger partial charge in [0.1, 0.15) is 5.82 Å². The molecule has 0 fully saturated rings. The van der Waals surface area contributed by atoms with Crippen molar-refractivity contribution in [3.63, 3.8) is 0 Å². The zero-order valence-corrected chi connectivity index (χ0v) is 19.5. The van der Waals surface area contributed by atoms with E-state index in [4.69, 9.17) is 5.73 Å². The minimum Gasteiger partial charge on any atom is -0.380 e. The molecule has 0 spiro atoms. The lowest BCUT2D eigenvalue weighted by atomic mass is 10.0. The van der Waals surface area contributed by atoms with Crippen molar-refractivity contribution in [2.75, 3.05) is 24.7 Å². The van der Waals surface area contributed by atoms with Crippen LogP contribution in [0.2, 0.25) is 0 Å². The van der Waals surface area contributed by atoms with Crippen molar-refractivity contribution in [1.29, 1.82) is 0 Å². The van der Waals surface area contributed by atoms with E-state index in [9.17, 15) is 9.59 Å². The standard InChI is InChI=1S/C27H26N6O2/c1-33(2)27(35)19-8-10-22(11-9-19)32-25-14-24(23(17-31-25)26(28)34)30-15-18-5-3-6-20(13-18)21-7-4-12-29-16-21/h3-14,16-17H,15H2,1-2H3,(H2,28,34)(H2,30,31,32). The van der Waals surface area contributed by atoms with E-state index in [0.29, 0.717) is 29.2 Å². The second-order valence-corrected chi connectivity index (χ2v) is 8.18. The molecule has 4 aromatic rings. The Balaban J connectivity index is 1.51. The SMILES string of the molecule is CN(C)C(=O)c1ccc(Nc2cc(NCc3cccc(-c4cccnc4)c3)c(C(N)=O)cn2)cc1. The topological polar surface area (TPSA) is 113 Å². The summed E-state index contributed by atoms with van der Waals surface area (Å²) in [6.45, 7) is 0.485. The maximum Gasteiger partial charge on any atom is 0.253 e. The molecular formula is C27H26N6O2. The second-order valence-electron chi connectivity index (χ2n) is 8.18. The number of anilines is 3. The smallest absolute Gasteiger partial charge is 0.253 e. The lowest BCUT2D eigenvalue weighted by molar-refractivity contribution is 0.0827. The number of hydrogen-bond acceptors (Lipinski definition) is 6. The van der Waals surface area contributed by atoms with Crippen LogP contribution in [0.25, 0.3) is 11.1 Å². The number of nitrogens with one attached hydrogen (secondary N) is 2. The van der Waals surface area contributed by atoms with E-state index in [1.807, 2.05) is 36.5 Å². The number of rotatable bonds is 8. The van der Waals surface area contributed by atoms with Crippen molar-refractivity contribution in [2.45, 2.75) is 6.54 Å². The van der Waals surface area contributed by atoms with Gasteiger partial charge in [-0.25, -0.2) is 4.98 Å². The highest BCUT2D eigenvalue weighted by molar-refractivity contribution is 5.98. The van der Waals surface area contributed by atoms with Crippen LogP contribution in [0.15, 0.2) is 85.3 Å². The molecule has 0 atom stereocenters. The van der Waals surface area contributed by atoms with Crippen molar-refractivity contribution >= 4 is 29.0 Å². The van der Waals surface area contributed by atoms with Crippen LogP contribution in [0.3, 0.4) is 0 Å². The van der Waals surface area contributed by atoms with Crippen molar-refractivity contribution < 1.29 is 9.59 Å². The largest absolute Gasteiger partial charge is 0.380 e. The normalized spacial score (nSPS) is 10.5. The van der Waals surface area contributed by atoms with Gasteiger partial charge in [0, 0.05) is 56.5 Å². The third-order valence-corrected chi connectivity index (χ3v) is 5.38. The van der Waals surface area contributed by atoms with Crippen LogP contribution in [-0.2, 0) is 6.54 Å². The number of carbonyl (C=O) groups is 2. The van der Waals surface area contributed by atoms with Gasteiger partial charge in [-0.3, -0.25) is 14.6 Å². The Hall–Kier alpha value is -4.72. The fraction of sp³-hybridized carbons (Fsp3) is 0.111. The third kappa shape index (κ3) is 5.80. The van der Waals surface area contributed by atoms with E-state index in [1.54, 1.807) is 50.6 Å². The number of hydrogen-bond donors (Lipinski definition) is 3. The van der Waals surface area contributed by atoms with Crippen molar-refractivity contribution in [2.24, 2.45) is 5.73 Å². The maximum absolute atomic E-state index is 12.1. The average Bonchev–Trinajstić information content (AvgIpc) is 2.88. The molecule has 176 valence electrons. The van der Waals surface area contributed by atoms with E-state index >= 15 is 0 Å². The van der Waals surface area contributed by atoms with Crippen LogP contribution < -0.4 is 16.4 Å². The van der Waals surface area contributed by atoms with Crippen molar-refractivity contribution in [1.82, 2.24) is 14.9 Å². The first-order chi connectivity index (χ1) is 16.9. The van der Waals surface area contributed by atoms with Crippen LogP contribution in [-0.4, -0.2) is 40.8 Å². The predicted octanol–water partition coefficient (Wildman–Crippen LogP) is 4.30. The summed E-state index contributed by atoms with van der Waals surface area (Å²) >= 11 is 0. The molecule has 2 heterocycles. The number of nitrogens with two attached hydrogens (primary N) is 1. The van der Waals surface area contributed by atoms with Gasteiger partial charge in [-0.15, -0.1) is 0 Å². The van der Waals surface area contributed by atoms with Crippen LogP contribution >= 0.6 is 0 Å². The Labute approximate surface area is 203 Å². The lowest BCUT2D eigenvalue weighted by Crippen LogP contribution is -2.21. The van der Waals surface area contributed by atoms with Gasteiger partial charge in [0.25, 0.3) is 11.8 Å². The highest BCUT2D eigenvalue weighted by Crippen LogP contribution is 2.24. The molecule has 4 N–H and O–H groups in total. The van der Waals surface area contributed by atoms with Gasteiger partial charge < -0.3 is 21.3 Å². The molecule has 4 rings (SSSR count). The summed E-state index contributed by atoms with van der Waals surface area (Å²) in [5.74, 6) is -0.102. The molecular weight excluding hydrogens is 440 g/mol. The third-order valence-electron chi connectivity index (χ3n) is 5.38. The van der Waals surface area contributed by atoms with Crippen LogP contribution in [0.5, 0.6) is 0 Å². The molecule has 8 nitrogen and oxygen atoms in total. The van der Waals surface area contributed by atoms with E-state index < -0.39 is 5.91 Å². The number of amides is 2. The fourth-order valence-electron chi connectivity index (χ4n) is 3.56. The molecule has 0 bridgehead atoms. The Morgan fingerprint density at radius 3 is 2.40 bits per heavy atom. The monoisotopic (exact) mass is 466 g/mol. The molecule has 2 aromatic carbocycles. The first kappa shape index (κ1) is 23.4. The first-order valence-corrected chi connectivity index (χ1v) is 11.0. The van der Waals surface area contributed by atoms with Crippen LogP contribution in [0.4, 0.5) is 17.2 Å². The van der Waals surface area contributed by atoms with Gasteiger partial charge in [0.15, 0.2) is 0 Å². The summed E-state index contributed by atoms with van der Waals surface area (Å²) < 4.78 is 0. The Bertz CT molecular complexity index is 1340. The summed E-state index contributed by atoms with van der Waals surface area (Å²) in [6.07, 6.45) is 5.01. The first-order valence-electron chi connectivity index (χ1n) is 11.0. The molecule has 0 aliphatic heterocycles. The molecule has 0 radical (unpaired) electrons. The Morgan fingerprint density at radius 1 is 0.943 bits per heavy atom. The number of aromatic nitrogens is 2. The minimum absolute atomic E-state index is 0.0698. The van der Waals surface area contributed by atoms with E-state index in [1.165, 1.54) is 11.1 Å². The summed E-state index contributed by atoms with van der Waals surface area (Å²) in [5.41, 5.74) is 10.9. The molecule has 0 aliphatic carbocycles. The van der Waals surface area contributed by atoms with Gasteiger partial charge in [0.2, 0.25) is 0 Å². The molecule has 0 saturated heterocycles. The fourth-order valence-corrected chi connectivity index (χ4v) is 3.56. The number of nitrogens with zero attached hydrogens (tertiary/aromatic N) is 3. The van der Waals surface area contributed by atoms with E-state index in [2.05, 4.69) is 26.7 Å². The highest BCUT2D eigenvalue weighted by atomic mass is 16.2. The molecule has 0 aliphatic rings. The molecule has 8 heteroatoms. The van der Waals surface area contributed by atoms with Gasteiger partial charge in [-0.05, 0) is 53.1 Å². The van der Waals surface area contributed by atoms with Crippen molar-refractivity contribution in [3.05, 3.63) is 102 Å². The van der Waals surface area contributed by atoms with Gasteiger partial charge >= 0.3 is 0 Å². The lowest BCUT2D eigenvalue weighted by Gasteiger charge is -2.14. The summed E-state index contributed by atoms with van der Waals surface area (Å²) in [5, 5.41) is 6.51. The zero-order chi connectivity index (χ0) is 24.8. The number of pyridine rings is 2. The molecule has 35 heavy (non-hydrogen) atoms. The Kier molecular flexibility index (Phi) is 7.02. The summed E-state index contributed by atoms with van der Waals surface area (Å²) in [4.78, 5) is 34.1. The predicted molar refractivity (Wildman–Crippen MR) is 137 cm³/mol. The summed E-state index contributed by atoms with van der Waals surface area (Å²) in [7, 11) is 3.42. The number of primary amides is 1. The molecule has 2 amide bonds. The number of carbonyl (C=O) groups excluding carboxylic acids is 2. The van der Waals surface area contributed by atoms with Crippen LogP contribution in [0.1, 0.15) is 26.3 Å². The van der Waals surface area contributed by atoms with Crippen LogP contribution in [0, 0.1) is 0 Å². The summed E-state index contributed by atoms with van der Waals surface area (Å²) in [6, 6.07) is 20.8. The quantitative estimate of drug-likeness (QED) is 0.357.